The van der Waals surface area contributed by atoms with E-state index in [1.165, 1.54) is 7.11 Å². The van der Waals surface area contributed by atoms with Gasteiger partial charge < -0.3 is 14.9 Å². The van der Waals surface area contributed by atoms with Gasteiger partial charge in [-0.3, -0.25) is 9.59 Å². The number of aliphatic carboxylic acids is 2. The summed E-state index contributed by atoms with van der Waals surface area (Å²) in [4.78, 5) is 22.2. The van der Waals surface area contributed by atoms with E-state index in [1.807, 2.05) is 0 Å². The van der Waals surface area contributed by atoms with E-state index in [1.54, 1.807) is 38.1 Å². The molecule has 110 valence electrons. The zero-order valence-electron chi connectivity index (χ0n) is 11.9. The fourth-order valence-electron chi connectivity index (χ4n) is 2.22. The Labute approximate surface area is 118 Å². The minimum atomic E-state index is -1.05. The first kappa shape index (κ1) is 16.0. The van der Waals surface area contributed by atoms with Crippen LogP contribution in [0.2, 0.25) is 0 Å². The predicted octanol–water partition coefficient (Wildman–Crippen LogP) is 2.75. The van der Waals surface area contributed by atoms with Crippen LogP contribution in [0.25, 0.3) is 0 Å². The van der Waals surface area contributed by atoms with Gasteiger partial charge in [0, 0.05) is 12.3 Å². The van der Waals surface area contributed by atoms with Crippen molar-refractivity contribution in [3.8, 4) is 5.75 Å². The number of ether oxygens (including phenoxy) is 1. The zero-order valence-corrected chi connectivity index (χ0v) is 11.9. The maximum atomic E-state index is 11.5. The second kappa shape index (κ2) is 6.41. The number of hydrogen-bond acceptors (Lipinski definition) is 3. The van der Waals surface area contributed by atoms with E-state index in [4.69, 9.17) is 9.84 Å². The Bertz CT molecular complexity index is 493. The molecule has 20 heavy (non-hydrogen) atoms. The summed E-state index contributed by atoms with van der Waals surface area (Å²) in [5.74, 6) is -1.65. The third-order valence-electron chi connectivity index (χ3n) is 3.57. The molecule has 0 saturated carbocycles. The van der Waals surface area contributed by atoms with E-state index in [2.05, 4.69) is 0 Å². The van der Waals surface area contributed by atoms with Gasteiger partial charge in [-0.25, -0.2) is 0 Å². The van der Waals surface area contributed by atoms with E-state index >= 15 is 0 Å². The number of benzene rings is 1. The van der Waals surface area contributed by atoms with Crippen molar-refractivity contribution < 1.29 is 24.5 Å². The Morgan fingerprint density at radius 3 is 2.45 bits per heavy atom. The molecule has 0 radical (unpaired) electrons. The summed E-state index contributed by atoms with van der Waals surface area (Å²) in [6.45, 7) is 3.22. The average molecular weight is 280 g/mol. The molecule has 0 aliphatic heterocycles. The van der Waals surface area contributed by atoms with Crippen LogP contribution in [-0.2, 0) is 9.59 Å². The van der Waals surface area contributed by atoms with Gasteiger partial charge in [-0.15, -0.1) is 0 Å². The maximum absolute atomic E-state index is 11.5. The summed E-state index contributed by atoms with van der Waals surface area (Å²) in [6, 6.07) is 7.11. The molecule has 0 saturated heterocycles. The largest absolute Gasteiger partial charge is 0.497 e. The Kier molecular flexibility index (Phi) is 5.13. The number of carbonyl (C=O) groups is 2. The van der Waals surface area contributed by atoms with Crippen LogP contribution in [0.3, 0.4) is 0 Å². The summed E-state index contributed by atoms with van der Waals surface area (Å²) >= 11 is 0. The molecule has 0 spiro atoms. The molecule has 0 fully saturated rings. The van der Waals surface area contributed by atoms with Crippen molar-refractivity contribution in [2.45, 2.75) is 32.6 Å². The highest BCUT2D eigenvalue weighted by Gasteiger charge is 2.38. The quantitative estimate of drug-likeness (QED) is 0.802. The third kappa shape index (κ3) is 3.73. The van der Waals surface area contributed by atoms with E-state index in [-0.39, 0.29) is 12.8 Å². The first-order valence-corrected chi connectivity index (χ1v) is 6.38. The molecule has 1 atom stereocenters. The Morgan fingerprint density at radius 1 is 1.30 bits per heavy atom. The molecule has 5 nitrogen and oxygen atoms in total. The Balaban J connectivity index is 3.14. The van der Waals surface area contributed by atoms with E-state index in [9.17, 15) is 14.7 Å². The Morgan fingerprint density at radius 2 is 1.95 bits per heavy atom. The molecule has 5 heteroatoms. The second-order valence-corrected chi connectivity index (χ2v) is 5.29. The fourth-order valence-corrected chi connectivity index (χ4v) is 2.22. The topological polar surface area (TPSA) is 83.8 Å². The lowest BCUT2D eigenvalue weighted by molar-refractivity contribution is -0.149. The highest BCUT2D eigenvalue weighted by Crippen LogP contribution is 2.40. The molecular weight excluding hydrogens is 260 g/mol. The number of methoxy groups -OCH3 is 1. The van der Waals surface area contributed by atoms with Gasteiger partial charge in [-0.1, -0.05) is 12.1 Å². The first-order valence-electron chi connectivity index (χ1n) is 6.38. The zero-order chi connectivity index (χ0) is 15.3. The smallest absolute Gasteiger partial charge is 0.309 e. The van der Waals surface area contributed by atoms with Gasteiger partial charge in [-0.2, -0.15) is 0 Å². The van der Waals surface area contributed by atoms with Crippen molar-refractivity contribution >= 4 is 11.9 Å². The molecular formula is C15H20O5. The average Bonchev–Trinajstić information content (AvgIpc) is 2.38. The molecule has 1 rings (SSSR count). The highest BCUT2D eigenvalue weighted by molar-refractivity contribution is 5.75. The summed E-state index contributed by atoms with van der Waals surface area (Å²) in [5.41, 5.74) is -0.278. The van der Waals surface area contributed by atoms with Gasteiger partial charge >= 0.3 is 11.9 Å². The molecule has 2 N–H and O–H groups in total. The lowest BCUT2D eigenvalue weighted by Crippen LogP contribution is -2.31. The maximum Gasteiger partial charge on any atom is 0.309 e. The van der Waals surface area contributed by atoms with Crippen LogP contribution in [0.5, 0.6) is 5.75 Å². The molecule has 0 aromatic heterocycles. The van der Waals surface area contributed by atoms with Gasteiger partial charge in [0.25, 0.3) is 0 Å². The first-order chi connectivity index (χ1) is 9.28. The molecule has 1 aromatic carbocycles. The van der Waals surface area contributed by atoms with Gasteiger partial charge in [0.05, 0.1) is 12.5 Å². The van der Waals surface area contributed by atoms with Crippen molar-refractivity contribution in [3.63, 3.8) is 0 Å². The van der Waals surface area contributed by atoms with Crippen LogP contribution in [0.1, 0.15) is 38.2 Å². The normalized spacial score (nSPS) is 12.8. The van der Waals surface area contributed by atoms with Crippen LogP contribution in [0, 0.1) is 5.41 Å². The van der Waals surface area contributed by atoms with Crippen molar-refractivity contribution in [2.24, 2.45) is 5.41 Å². The highest BCUT2D eigenvalue weighted by atomic mass is 16.5. The van der Waals surface area contributed by atoms with Crippen LogP contribution in [0.15, 0.2) is 24.3 Å². The number of carboxylic acid groups (broad SMARTS) is 2. The van der Waals surface area contributed by atoms with Gasteiger partial charge in [0.1, 0.15) is 5.75 Å². The molecule has 0 aliphatic rings. The molecule has 1 unspecified atom stereocenters. The van der Waals surface area contributed by atoms with Crippen LogP contribution >= 0.6 is 0 Å². The monoisotopic (exact) mass is 280 g/mol. The summed E-state index contributed by atoms with van der Waals surface area (Å²) < 4.78 is 5.14. The van der Waals surface area contributed by atoms with Crippen molar-refractivity contribution in [1.29, 1.82) is 0 Å². The summed E-state index contributed by atoms with van der Waals surface area (Å²) in [5, 5.41) is 18.2. The third-order valence-corrected chi connectivity index (χ3v) is 3.57. The molecule has 0 bridgehead atoms. The second-order valence-electron chi connectivity index (χ2n) is 5.29. The number of rotatable bonds is 7. The lowest BCUT2D eigenvalue weighted by Gasteiger charge is -2.30. The molecule has 0 amide bonds. The van der Waals surface area contributed by atoms with Gasteiger partial charge in [0.15, 0.2) is 0 Å². The van der Waals surface area contributed by atoms with Crippen LogP contribution in [0.4, 0.5) is 0 Å². The predicted molar refractivity (Wildman–Crippen MR) is 74.0 cm³/mol. The fraction of sp³-hybridized carbons (Fsp3) is 0.467. The van der Waals surface area contributed by atoms with Gasteiger partial charge in [-0.05, 0) is 38.0 Å². The summed E-state index contributed by atoms with van der Waals surface area (Å²) in [7, 11) is 1.54. The number of hydrogen-bond donors (Lipinski definition) is 2. The van der Waals surface area contributed by atoms with Crippen molar-refractivity contribution in [1.82, 2.24) is 0 Å². The molecule has 0 heterocycles. The van der Waals surface area contributed by atoms with Gasteiger partial charge in [0.2, 0.25) is 0 Å². The molecule has 1 aromatic rings. The van der Waals surface area contributed by atoms with Crippen LogP contribution < -0.4 is 4.74 Å². The van der Waals surface area contributed by atoms with E-state index in [0.717, 1.165) is 5.56 Å². The standard InChI is InChI=1S/C15H20O5/c1-15(2,14(18)19)12(7-8-13(16)17)10-5-4-6-11(9-10)20-3/h4-6,9,12H,7-8H2,1-3H3,(H,16,17)(H,18,19). The minimum absolute atomic E-state index is 0.0708. The minimum Gasteiger partial charge on any atom is -0.497 e. The van der Waals surface area contributed by atoms with Crippen LogP contribution in [-0.4, -0.2) is 29.3 Å². The lowest BCUT2D eigenvalue weighted by atomic mass is 9.72. The van der Waals surface area contributed by atoms with Crippen molar-refractivity contribution in [2.75, 3.05) is 7.11 Å². The molecule has 0 aliphatic carbocycles. The van der Waals surface area contributed by atoms with Crippen molar-refractivity contribution in [3.05, 3.63) is 29.8 Å². The SMILES string of the molecule is COc1cccc(C(CCC(=O)O)C(C)(C)C(=O)O)c1. The number of carboxylic acids is 2. The Hall–Kier alpha value is -2.04. The van der Waals surface area contributed by atoms with E-state index in [0.29, 0.717) is 5.75 Å². The summed E-state index contributed by atoms with van der Waals surface area (Å²) in [6.07, 6.45) is 0.195. The van der Waals surface area contributed by atoms with E-state index < -0.39 is 23.3 Å².